The van der Waals surface area contributed by atoms with Crippen molar-refractivity contribution in [2.24, 2.45) is 17.8 Å². The number of ether oxygens (including phenoxy) is 3. The Morgan fingerprint density at radius 3 is 0.915 bits per heavy atom. The topological polar surface area (TPSA) is 78.9 Å². The highest BCUT2D eigenvalue weighted by Gasteiger charge is 2.19. The Balaban J connectivity index is 4.36. The summed E-state index contributed by atoms with van der Waals surface area (Å²) < 4.78 is 16.6. The SMILES string of the molecule is CC(C)CCCCCCCCCCC(=O)OC[C@@H](COC(=O)CCCCCCCCC(C)C)OC(=O)CCCCCCCCC(C)C. The molecule has 0 unspecified atom stereocenters. The van der Waals surface area contributed by atoms with Crippen LogP contribution in [-0.2, 0) is 28.6 Å². The molecular formula is C41H78O6. The molecular weight excluding hydrogens is 588 g/mol. The Morgan fingerprint density at radius 2 is 0.617 bits per heavy atom. The van der Waals surface area contributed by atoms with E-state index in [1.54, 1.807) is 0 Å². The van der Waals surface area contributed by atoms with Crippen LogP contribution in [0.15, 0.2) is 0 Å². The maximum absolute atomic E-state index is 12.6. The van der Waals surface area contributed by atoms with Gasteiger partial charge in [0.05, 0.1) is 0 Å². The van der Waals surface area contributed by atoms with Crippen LogP contribution in [0.2, 0.25) is 0 Å². The van der Waals surface area contributed by atoms with Crippen molar-refractivity contribution in [2.75, 3.05) is 13.2 Å². The van der Waals surface area contributed by atoms with Gasteiger partial charge in [-0.05, 0) is 37.0 Å². The smallest absolute Gasteiger partial charge is 0.306 e. The van der Waals surface area contributed by atoms with Gasteiger partial charge in [-0.3, -0.25) is 14.4 Å². The van der Waals surface area contributed by atoms with Crippen molar-refractivity contribution in [3.8, 4) is 0 Å². The zero-order valence-electron chi connectivity index (χ0n) is 32.1. The fourth-order valence-electron chi connectivity index (χ4n) is 5.82. The highest BCUT2D eigenvalue weighted by Crippen LogP contribution is 2.16. The van der Waals surface area contributed by atoms with Gasteiger partial charge in [0.2, 0.25) is 0 Å². The highest BCUT2D eigenvalue weighted by atomic mass is 16.6. The van der Waals surface area contributed by atoms with Gasteiger partial charge in [-0.2, -0.15) is 0 Å². The standard InChI is InChI=1S/C41H78O6/c1-35(2)27-21-15-9-7-8-10-18-24-30-39(42)45-33-38(47-41(44)32-26-20-14-12-17-23-29-37(5)6)34-46-40(43)31-25-19-13-11-16-22-28-36(3)4/h35-38H,7-34H2,1-6H3/t38-/m0/s1. The molecule has 0 radical (unpaired) electrons. The molecule has 0 amide bonds. The van der Waals surface area contributed by atoms with Crippen LogP contribution < -0.4 is 0 Å². The van der Waals surface area contributed by atoms with Gasteiger partial charge in [-0.25, -0.2) is 0 Å². The van der Waals surface area contributed by atoms with E-state index in [1.807, 2.05) is 0 Å². The van der Waals surface area contributed by atoms with Gasteiger partial charge in [0.1, 0.15) is 13.2 Å². The van der Waals surface area contributed by atoms with Crippen molar-refractivity contribution in [1.29, 1.82) is 0 Å². The second-order valence-corrected chi connectivity index (χ2v) is 15.3. The molecule has 0 N–H and O–H groups in total. The highest BCUT2D eigenvalue weighted by molar-refractivity contribution is 5.71. The summed E-state index contributed by atoms with van der Waals surface area (Å²) >= 11 is 0. The average Bonchev–Trinajstić information content (AvgIpc) is 3.01. The van der Waals surface area contributed by atoms with Crippen molar-refractivity contribution >= 4 is 17.9 Å². The normalized spacial score (nSPS) is 12.2. The largest absolute Gasteiger partial charge is 0.462 e. The average molecular weight is 667 g/mol. The Bertz CT molecular complexity index is 731. The van der Waals surface area contributed by atoms with Gasteiger partial charge in [-0.1, -0.05) is 170 Å². The molecule has 6 nitrogen and oxygen atoms in total. The molecule has 0 heterocycles. The second-order valence-electron chi connectivity index (χ2n) is 15.3. The number of carbonyl (C=O) groups is 3. The van der Waals surface area contributed by atoms with Gasteiger partial charge in [-0.15, -0.1) is 0 Å². The van der Waals surface area contributed by atoms with E-state index in [4.69, 9.17) is 14.2 Å². The maximum Gasteiger partial charge on any atom is 0.306 e. The molecule has 0 bridgehead atoms. The number of esters is 3. The third-order valence-electron chi connectivity index (χ3n) is 8.90. The van der Waals surface area contributed by atoms with E-state index < -0.39 is 6.10 Å². The van der Waals surface area contributed by atoms with Crippen LogP contribution in [0.5, 0.6) is 0 Å². The summed E-state index contributed by atoms with van der Waals surface area (Å²) in [7, 11) is 0. The molecule has 0 rings (SSSR count). The lowest BCUT2D eigenvalue weighted by atomic mass is 10.0. The molecule has 47 heavy (non-hydrogen) atoms. The number of hydrogen-bond donors (Lipinski definition) is 0. The van der Waals surface area contributed by atoms with E-state index in [-0.39, 0.29) is 31.1 Å². The van der Waals surface area contributed by atoms with Crippen molar-refractivity contribution in [2.45, 2.75) is 215 Å². The molecule has 0 aromatic carbocycles. The summed E-state index contributed by atoms with van der Waals surface area (Å²) in [5.74, 6) is 1.44. The Morgan fingerprint density at radius 1 is 0.362 bits per heavy atom. The predicted molar refractivity (Wildman–Crippen MR) is 196 cm³/mol. The molecule has 0 saturated carbocycles. The lowest BCUT2D eigenvalue weighted by Crippen LogP contribution is -2.30. The van der Waals surface area contributed by atoms with Crippen molar-refractivity contribution in [3.63, 3.8) is 0 Å². The first-order valence-electron chi connectivity index (χ1n) is 20.1. The van der Waals surface area contributed by atoms with Crippen LogP contribution in [0.25, 0.3) is 0 Å². The van der Waals surface area contributed by atoms with Gasteiger partial charge in [0.25, 0.3) is 0 Å². The number of carbonyl (C=O) groups excluding carboxylic acids is 3. The van der Waals surface area contributed by atoms with E-state index in [0.29, 0.717) is 19.3 Å². The lowest BCUT2D eigenvalue weighted by Gasteiger charge is -2.18. The summed E-state index contributed by atoms with van der Waals surface area (Å²) in [5.41, 5.74) is 0. The molecule has 0 aromatic rings. The fraction of sp³-hybridized carbons (Fsp3) is 0.927. The van der Waals surface area contributed by atoms with Gasteiger partial charge < -0.3 is 14.2 Å². The third kappa shape index (κ3) is 35.5. The lowest BCUT2D eigenvalue weighted by molar-refractivity contribution is -0.167. The first-order valence-corrected chi connectivity index (χ1v) is 20.1. The van der Waals surface area contributed by atoms with E-state index in [1.165, 1.54) is 89.9 Å². The monoisotopic (exact) mass is 667 g/mol. The first-order chi connectivity index (χ1) is 22.6. The van der Waals surface area contributed by atoms with Crippen LogP contribution in [0.3, 0.4) is 0 Å². The Hall–Kier alpha value is -1.59. The molecule has 0 aliphatic carbocycles. The van der Waals surface area contributed by atoms with Crippen molar-refractivity contribution in [1.82, 2.24) is 0 Å². The Labute approximate surface area is 291 Å². The molecule has 6 heteroatoms. The van der Waals surface area contributed by atoms with Crippen molar-refractivity contribution in [3.05, 3.63) is 0 Å². The summed E-state index contributed by atoms with van der Waals surface area (Å²) in [5, 5.41) is 0. The van der Waals surface area contributed by atoms with E-state index in [0.717, 1.165) is 75.5 Å². The van der Waals surface area contributed by atoms with Crippen LogP contribution in [0, 0.1) is 17.8 Å². The quantitative estimate of drug-likeness (QED) is 0.0386. The third-order valence-corrected chi connectivity index (χ3v) is 8.90. The van der Waals surface area contributed by atoms with Crippen LogP contribution in [0.1, 0.15) is 208 Å². The minimum atomic E-state index is -0.761. The number of rotatable bonds is 34. The molecule has 1 atom stereocenters. The van der Waals surface area contributed by atoms with Crippen molar-refractivity contribution < 1.29 is 28.6 Å². The minimum absolute atomic E-state index is 0.0690. The summed E-state index contributed by atoms with van der Waals surface area (Å²) in [4.78, 5) is 37.4. The molecule has 0 aliphatic rings. The van der Waals surface area contributed by atoms with E-state index in [2.05, 4.69) is 41.5 Å². The zero-order chi connectivity index (χ0) is 35.0. The van der Waals surface area contributed by atoms with Crippen LogP contribution in [-0.4, -0.2) is 37.2 Å². The molecule has 0 fully saturated rings. The van der Waals surface area contributed by atoms with Crippen LogP contribution in [0.4, 0.5) is 0 Å². The molecule has 0 aromatic heterocycles. The van der Waals surface area contributed by atoms with Gasteiger partial charge >= 0.3 is 17.9 Å². The van der Waals surface area contributed by atoms with Gasteiger partial charge in [0, 0.05) is 19.3 Å². The minimum Gasteiger partial charge on any atom is -0.462 e. The second kappa shape index (κ2) is 32.9. The maximum atomic E-state index is 12.6. The number of hydrogen-bond acceptors (Lipinski definition) is 6. The molecule has 0 saturated heterocycles. The zero-order valence-corrected chi connectivity index (χ0v) is 32.1. The number of unbranched alkanes of at least 4 members (excludes halogenated alkanes) is 17. The predicted octanol–water partition coefficient (Wildman–Crippen LogP) is 12.1. The van der Waals surface area contributed by atoms with Gasteiger partial charge in [0.15, 0.2) is 6.10 Å². The molecule has 278 valence electrons. The summed E-state index contributed by atoms with van der Waals surface area (Å²) in [6, 6.07) is 0. The summed E-state index contributed by atoms with van der Waals surface area (Å²) in [6.45, 7) is 13.5. The molecule has 0 aliphatic heterocycles. The fourth-order valence-corrected chi connectivity index (χ4v) is 5.82. The van der Waals surface area contributed by atoms with Crippen LogP contribution >= 0.6 is 0 Å². The van der Waals surface area contributed by atoms with E-state index >= 15 is 0 Å². The van der Waals surface area contributed by atoms with E-state index in [9.17, 15) is 14.4 Å². The molecule has 0 spiro atoms. The first kappa shape index (κ1) is 45.4. The summed E-state index contributed by atoms with van der Waals surface area (Å²) in [6.07, 6.45) is 26.9. The Kier molecular flexibility index (Phi) is 31.8.